The quantitative estimate of drug-likeness (QED) is 0.760. The first kappa shape index (κ1) is 16.7. The highest BCUT2D eigenvalue weighted by Crippen LogP contribution is 2.29. The van der Waals surface area contributed by atoms with Crippen LogP contribution in [0.4, 0.5) is 5.82 Å². The smallest absolute Gasteiger partial charge is 0.245 e. The zero-order valence-electron chi connectivity index (χ0n) is 15.5. The van der Waals surface area contributed by atoms with Crippen LogP contribution in [0.1, 0.15) is 26.6 Å². The Morgan fingerprint density at radius 3 is 2.69 bits per heavy atom. The van der Waals surface area contributed by atoms with Gasteiger partial charge in [-0.05, 0) is 0 Å². The molecule has 1 atom stereocenters. The molecule has 2 amide bonds. The van der Waals surface area contributed by atoms with Gasteiger partial charge in [-0.1, -0.05) is 20.8 Å². The van der Waals surface area contributed by atoms with E-state index in [1.807, 2.05) is 7.05 Å². The van der Waals surface area contributed by atoms with E-state index in [2.05, 4.69) is 41.1 Å². The van der Waals surface area contributed by atoms with Crippen LogP contribution < -0.4 is 10.2 Å². The third-order valence-electron chi connectivity index (χ3n) is 4.96. The molecule has 0 aliphatic carbocycles. The Labute approximate surface area is 151 Å². The molecule has 0 aromatic carbocycles. The molecule has 2 aromatic heterocycles. The van der Waals surface area contributed by atoms with Crippen molar-refractivity contribution in [1.29, 1.82) is 0 Å². The highest BCUT2D eigenvalue weighted by atomic mass is 16.2. The Balaban J connectivity index is 1.77. The first-order valence-corrected chi connectivity index (χ1v) is 8.78. The third-order valence-corrected chi connectivity index (χ3v) is 4.96. The summed E-state index contributed by atoms with van der Waals surface area (Å²) in [5, 5.41) is 7.86. The molecular weight excluding hydrogens is 334 g/mol. The number of hydrogen-bond acceptors (Lipinski definition) is 6. The van der Waals surface area contributed by atoms with Gasteiger partial charge in [0, 0.05) is 32.1 Å². The van der Waals surface area contributed by atoms with E-state index < -0.39 is 6.04 Å². The summed E-state index contributed by atoms with van der Waals surface area (Å²) >= 11 is 0. The average Bonchev–Trinajstić information content (AvgIpc) is 2.98. The highest BCUT2D eigenvalue weighted by molar-refractivity contribution is 5.96. The van der Waals surface area contributed by atoms with Gasteiger partial charge in [-0.3, -0.25) is 14.3 Å². The molecule has 138 valence electrons. The summed E-state index contributed by atoms with van der Waals surface area (Å²) in [7, 11) is 1.86. The number of fused-ring (bicyclic) bond motifs is 2. The maximum atomic E-state index is 12.3. The minimum atomic E-state index is -0.482. The van der Waals surface area contributed by atoms with Crippen molar-refractivity contribution in [3.63, 3.8) is 0 Å². The Bertz CT molecular complexity index is 898. The highest BCUT2D eigenvalue weighted by Gasteiger charge is 2.39. The standard InChI is InChI=1S/C17H23N7O2/c1-17(2,3)16-20-13-10(7-19-22(13)4)14(21-16)23-5-6-24-11(9-23)15(26)18-8-12(24)25/h7,11H,5-6,8-9H2,1-4H3,(H,18,26)/t11-/m0/s1. The van der Waals surface area contributed by atoms with Crippen molar-refractivity contribution in [3.05, 3.63) is 12.0 Å². The molecule has 2 saturated heterocycles. The Hall–Kier alpha value is -2.71. The lowest BCUT2D eigenvalue weighted by atomic mass is 9.95. The minimum absolute atomic E-state index is 0.0288. The molecule has 0 unspecified atom stereocenters. The summed E-state index contributed by atoms with van der Waals surface area (Å²) < 4.78 is 1.74. The number of aromatic nitrogens is 4. The molecule has 2 aliphatic heterocycles. The van der Waals surface area contributed by atoms with Crippen molar-refractivity contribution >= 4 is 28.7 Å². The number of rotatable bonds is 1. The maximum Gasteiger partial charge on any atom is 0.245 e. The van der Waals surface area contributed by atoms with Crippen molar-refractivity contribution in [2.75, 3.05) is 31.1 Å². The van der Waals surface area contributed by atoms with Crippen LogP contribution in [0.2, 0.25) is 0 Å². The van der Waals surface area contributed by atoms with Gasteiger partial charge in [-0.15, -0.1) is 0 Å². The number of nitrogens with one attached hydrogen (secondary N) is 1. The van der Waals surface area contributed by atoms with E-state index in [4.69, 9.17) is 4.98 Å². The number of piperazine rings is 2. The van der Waals surface area contributed by atoms with Crippen LogP contribution in [0.3, 0.4) is 0 Å². The Morgan fingerprint density at radius 2 is 1.96 bits per heavy atom. The molecule has 26 heavy (non-hydrogen) atoms. The van der Waals surface area contributed by atoms with Crippen molar-refractivity contribution in [3.8, 4) is 0 Å². The van der Waals surface area contributed by atoms with Gasteiger partial charge in [0.1, 0.15) is 17.7 Å². The third kappa shape index (κ3) is 2.58. The normalized spacial score (nSPS) is 21.2. The van der Waals surface area contributed by atoms with E-state index in [-0.39, 0.29) is 23.8 Å². The Kier molecular flexibility index (Phi) is 3.64. The number of nitrogens with zero attached hydrogens (tertiary/aromatic N) is 6. The van der Waals surface area contributed by atoms with Crippen LogP contribution in [-0.2, 0) is 22.1 Å². The summed E-state index contributed by atoms with van der Waals surface area (Å²) in [6.45, 7) is 7.85. The fourth-order valence-electron chi connectivity index (χ4n) is 3.46. The second kappa shape index (κ2) is 5.65. The summed E-state index contributed by atoms with van der Waals surface area (Å²) in [5.74, 6) is 1.37. The van der Waals surface area contributed by atoms with Crippen LogP contribution in [0, 0.1) is 0 Å². The fourth-order valence-corrected chi connectivity index (χ4v) is 3.46. The predicted molar refractivity (Wildman–Crippen MR) is 95.7 cm³/mol. The molecule has 9 nitrogen and oxygen atoms in total. The topological polar surface area (TPSA) is 96.2 Å². The monoisotopic (exact) mass is 357 g/mol. The molecule has 0 saturated carbocycles. The van der Waals surface area contributed by atoms with E-state index in [0.717, 1.165) is 22.7 Å². The van der Waals surface area contributed by atoms with E-state index >= 15 is 0 Å². The largest absolute Gasteiger partial charge is 0.352 e. The van der Waals surface area contributed by atoms with Crippen molar-refractivity contribution in [2.24, 2.45) is 7.05 Å². The maximum absolute atomic E-state index is 12.3. The molecule has 2 aliphatic rings. The fraction of sp³-hybridized carbons (Fsp3) is 0.588. The van der Waals surface area contributed by atoms with E-state index in [9.17, 15) is 9.59 Å². The van der Waals surface area contributed by atoms with Crippen molar-refractivity contribution < 1.29 is 9.59 Å². The molecule has 0 bridgehead atoms. The van der Waals surface area contributed by atoms with Gasteiger partial charge in [0.05, 0.1) is 18.1 Å². The number of hydrogen-bond donors (Lipinski definition) is 1. The van der Waals surface area contributed by atoms with E-state index in [1.165, 1.54) is 0 Å². The van der Waals surface area contributed by atoms with Crippen LogP contribution >= 0.6 is 0 Å². The van der Waals surface area contributed by atoms with Gasteiger partial charge in [-0.2, -0.15) is 5.10 Å². The van der Waals surface area contributed by atoms with Gasteiger partial charge in [-0.25, -0.2) is 9.97 Å². The number of carbonyl (C=O) groups excluding carboxylic acids is 2. The number of carbonyl (C=O) groups is 2. The number of amides is 2. The van der Waals surface area contributed by atoms with Gasteiger partial charge in [0.25, 0.3) is 0 Å². The lowest BCUT2D eigenvalue weighted by Gasteiger charge is -2.43. The summed E-state index contributed by atoms with van der Waals surface area (Å²) in [5.41, 5.74) is 0.555. The van der Waals surface area contributed by atoms with Gasteiger partial charge in [0.15, 0.2) is 5.65 Å². The second-order valence-electron chi connectivity index (χ2n) is 7.89. The summed E-state index contributed by atoms with van der Waals surface area (Å²) in [6, 6.07) is -0.482. The Morgan fingerprint density at radius 1 is 1.19 bits per heavy atom. The molecule has 4 heterocycles. The molecule has 2 aromatic rings. The molecule has 0 radical (unpaired) electrons. The molecule has 4 rings (SSSR count). The molecular formula is C17H23N7O2. The van der Waals surface area contributed by atoms with Crippen LogP contribution in [0.15, 0.2) is 6.20 Å². The summed E-state index contributed by atoms with van der Waals surface area (Å²) in [4.78, 5) is 37.6. The van der Waals surface area contributed by atoms with Crippen molar-refractivity contribution in [2.45, 2.75) is 32.2 Å². The number of anilines is 1. The second-order valence-corrected chi connectivity index (χ2v) is 7.89. The van der Waals surface area contributed by atoms with Crippen LogP contribution in [-0.4, -0.2) is 68.7 Å². The molecule has 9 heteroatoms. The zero-order chi connectivity index (χ0) is 18.6. The lowest BCUT2D eigenvalue weighted by Crippen LogP contribution is -2.66. The van der Waals surface area contributed by atoms with E-state index in [0.29, 0.717) is 19.6 Å². The molecule has 0 spiro atoms. The van der Waals surface area contributed by atoms with Crippen LogP contribution in [0.25, 0.3) is 11.0 Å². The van der Waals surface area contributed by atoms with Crippen LogP contribution in [0.5, 0.6) is 0 Å². The first-order valence-electron chi connectivity index (χ1n) is 8.78. The van der Waals surface area contributed by atoms with Gasteiger partial charge in [0.2, 0.25) is 11.8 Å². The number of aryl methyl sites for hydroxylation is 1. The average molecular weight is 357 g/mol. The van der Waals surface area contributed by atoms with Crippen molar-refractivity contribution in [1.82, 2.24) is 30.0 Å². The molecule has 2 fully saturated rings. The van der Waals surface area contributed by atoms with Gasteiger partial charge < -0.3 is 15.1 Å². The minimum Gasteiger partial charge on any atom is -0.352 e. The summed E-state index contributed by atoms with van der Waals surface area (Å²) in [6.07, 6.45) is 1.76. The molecule has 1 N–H and O–H groups in total. The predicted octanol–water partition coefficient (Wildman–Crippen LogP) is -0.192. The first-order chi connectivity index (χ1) is 12.3. The zero-order valence-corrected chi connectivity index (χ0v) is 15.5. The SMILES string of the molecule is Cn1ncc2c(N3CCN4C(=O)CNC(=O)[C@@H]4C3)nc(C(C)(C)C)nc21. The van der Waals surface area contributed by atoms with Gasteiger partial charge >= 0.3 is 0 Å². The van der Waals surface area contributed by atoms with E-state index in [1.54, 1.807) is 15.8 Å². The lowest BCUT2D eigenvalue weighted by molar-refractivity contribution is -0.146.